The lowest BCUT2D eigenvalue weighted by Crippen LogP contribution is -2.04. The summed E-state index contributed by atoms with van der Waals surface area (Å²) < 4.78 is 0. The molecule has 0 unspecified atom stereocenters. The zero-order valence-corrected chi connectivity index (χ0v) is 9.86. The summed E-state index contributed by atoms with van der Waals surface area (Å²) in [5, 5.41) is 0. The fourth-order valence-corrected chi connectivity index (χ4v) is 1.63. The van der Waals surface area contributed by atoms with Crippen molar-refractivity contribution in [1.82, 2.24) is 0 Å². The predicted molar refractivity (Wildman–Crippen MR) is 64.1 cm³/mol. The lowest BCUT2D eigenvalue weighted by Gasteiger charge is -2.09. The van der Waals surface area contributed by atoms with Gasteiger partial charge in [0.05, 0.1) is 0 Å². The third-order valence-corrected chi connectivity index (χ3v) is 2.86. The molecule has 1 heteroatoms. The summed E-state index contributed by atoms with van der Waals surface area (Å²) in [5.74, 6) is 0.752. The van der Waals surface area contributed by atoms with E-state index in [4.69, 9.17) is 0 Å². The molecule has 0 bridgehead atoms. The van der Waals surface area contributed by atoms with Crippen LogP contribution in [0.25, 0.3) is 0 Å². The van der Waals surface area contributed by atoms with Crippen LogP contribution in [0, 0.1) is 5.92 Å². The molecule has 0 fully saturated rings. The van der Waals surface area contributed by atoms with Gasteiger partial charge < -0.3 is 4.79 Å². The van der Waals surface area contributed by atoms with Crippen LogP contribution in [0.3, 0.4) is 0 Å². The largest absolute Gasteiger partial charge is 0.303 e. The number of hydrogen-bond donors (Lipinski definition) is 0. The summed E-state index contributed by atoms with van der Waals surface area (Å²) in [7, 11) is 0. The van der Waals surface area contributed by atoms with Gasteiger partial charge >= 0.3 is 0 Å². The van der Waals surface area contributed by atoms with Gasteiger partial charge in [0.2, 0.25) is 0 Å². The molecule has 1 nitrogen and oxygen atoms in total. The normalized spacial score (nSPS) is 12.8. The Bertz CT molecular complexity index is 298. The Morgan fingerprint density at radius 3 is 2.20 bits per heavy atom. The van der Waals surface area contributed by atoms with E-state index in [0.717, 1.165) is 19.1 Å². The van der Waals surface area contributed by atoms with E-state index < -0.39 is 0 Å². The Morgan fingerprint density at radius 1 is 1.20 bits per heavy atom. The monoisotopic (exact) mass is 204 g/mol. The first-order chi connectivity index (χ1) is 7.17. The molecule has 0 aliphatic rings. The molecule has 0 saturated carbocycles. The molecule has 15 heavy (non-hydrogen) atoms. The SMILES string of the molecule is CC[C@@H](C=O)Cc1ccc(C(C)C)cc1. The number of carbonyl (C=O) groups is 1. The Balaban J connectivity index is 2.67. The average Bonchev–Trinajstić information content (AvgIpc) is 2.26. The zero-order chi connectivity index (χ0) is 11.3. The number of benzene rings is 1. The lowest BCUT2D eigenvalue weighted by atomic mass is 9.95. The summed E-state index contributed by atoms with van der Waals surface area (Å²) in [6.45, 7) is 6.44. The van der Waals surface area contributed by atoms with E-state index in [-0.39, 0.29) is 5.92 Å². The van der Waals surface area contributed by atoms with Crippen molar-refractivity contribution in [2.24, 2.45) is 5.92 Å². The van der Waals surface area contributed by atoms with E-state index in [1.165, 1.54) is 11.1 Å². The Hall–Kier alpha value is -1.11. The predicted octanol–water partition coefficient (Wildman–Crippen LogP) is 3.58. The van der Waals surface area contributed by atoms with Gasteiger partial charge in [-0.1, -0.05) is 45.0 Å². The van der Waals surface area contributed by atoms with Crippen LogP contribution in [0.5, 0.6) is 0 Å². The van der Waals surface area contributed by atoms with E-state index in [2.05, 4.69) is 45.0 Å². The first-order valence-corrected chi connectivity index (χ1v) is 5.71. The van der Waals surface area contributed by atoms with Gasteiger partial charge in [-0.25, -0.2) is 0 Å². The Labute approximate surface area is 92.5 Å². The minimum atomic E-state index is 0.176. The summed E-state index contributed by atoms with van der Waals surface area (Å²) >= 11 is 0. The quantitative estimate of drug-likeness (QED) is 0.670. The topological polar surface area (TPSA) is 17.1 Å². The summed E-state index contributed by atoms with van der Waals surface area (Å²) in [4.78, 5) is 10.7. The maximum Gasteiger partial charge on any atom is 0.123 e. The molecule has 0 radical (unpaired) electrons. The number of hydrogen-bond acceptors (Lipinski definition) is 1. The van der Waals surface area contributed by atoms with E-state index >= 15 is 0 Å². The maximum absolute atomic E-state index is 10.7. The molecule has 1 rings (SSSR count). The van der Waals surface area contributed by atoms with E-state index in [1.807, 2.05) is 0 Å². The van der Waals surface area contributed by atoms with Crippen LogP contribution in [0.4, 0.5) is 0 Å². The molecule has 82 valence electrons. The van der Waals surface area contributed by atoms with Crippen molar-refractivity contribution in [3.05, 3.63) is 35.4 Å². The smallest absolute Gasteiger partial charge is 0.123 e. The molecule has 1 aromatic carbocycles. The molecule has 1 aromatic rings. The molecule has 0 spiro atoms. The van der Waals surface area contributed by atoms with Crippen molar-refractivity contribution in [1.29, 1.82) is 0 Å². The van der Waals surface area contributed by atoms with Gasteiger partial charge in [0, 0.05) is 5.92 Å². The first-order valence-electron chi connectivity index (χ1n) is 5.71. The second-order valence-electron chi connectivity index (χ2n) is 4.40. The van der Waals surface area contributed by atoms with E-state index in [0.29, 0.717) is 5.92 Å². The molecule has 0 aliphatic carbocycles. The number of rotatable bonds is 5. The summed E-state index contributed by atoms with van der Waals surface area (Å²) in [6.07, 6.45) is 2.87. The van der Waals surface area contributed by atoms with E-state index in [1.54, 1.807) is 0 Å². The highest BCUT2D eigenvalue weighted by Gasteiger charge is 2.06. The van der Waals surface area contributed by atoms with Crippen LogP contribution < -0.4 is 0 Å². The minimum Gasteiger partial charge on any atom is -0.303 e. The molecule has 0 aromatic heterocycles. The molecule has 1 atom stereocenters. The Morgan fingerprint density at radius 2 is 1.80 bits per heavy atom. The Kier molecular flexibility index (Phi) is 4.54. The van der Waals surface area contributed by atoms with Crippen LogP contribution in [0.2, 0.25) is 0 Å². The molecule has 0 aliphatic heterocycles. The van der Waals surface area contributed by atoms with Gasteiger partial charge in [0.1, 0.15) is 6.29 Å². The van der Waals surface area contributed by atoms with Crippen LogP contribution in [0.15, 0.2) is 24.3 Å². The van der Waals surface area contributed by atoms with Gasteiger partial charge in [0.25, 0.3) is 0 Å². The van der Waals surface area contributed by atoms with Crippen molar-refractivity contribution in [3.63, 3.8) is 0 Å². The molecule has 0 amide bonds. The first kappa shape index (κ1) is 12.0. The van der Waals surface area contributed by atoms with Crippen molar-refractivity contribution >= 4 is 6.29 Å². The highest BCUT2D eigenvalue weighted by molar-refractivity contribution is 5.54. The van der Waals surface area contributed by atoms with E-state index in [9.17, 15) is 4.79 Å². The van der Waals surface area contributed by atoms with Crippen LogP contribution in [-0.4, -0.2) is 6.29 Å². The van der Waals surface area contributed by atoms with Gasteiger partial charge in [-0.15, -0.1) is 0 Å². The highest BCUT2D eigenvalue weighted by Crippen LogP contribution is 2.16. The summed E-state index contributed by atoms with van der Waals surface area (Å²) in [6, 6.07) is 8.61. The molecular formula is C14H20O. The third kappa shape index (κ3) is 3.50. The van der Waals surface area contributed by atoms with Crippen molar-refractivity contribution in [2.45, 2.75) is 39.5 Å². The maximum atomic E-state index is 10.7. The second-order valence-corrected chi connectivity index (χ2v) is 4.40. The lowest BCUT2D eigenvalue weighted by molar-refractivity contribution is -0.111. The van der Waals surface area contributed by atoms with Gasteiger partial charge in [0.15, 0.2) is 0 Å². The summed E-state index contributed by atoms with van der Waals surface area (Å²) in [5.41, 5.74) is 2.62. The van der Waals surface area contributed by atoms with Gasteiger partial charge in [-0.2, -0.15) is 0 Å². The molecule has 0 N–H and O–H groups in total. The van der Waals surface area contributed by atoms with Gasteiger partial charge in [-0.3, -0.25) is 0 Å². The van der Waals surface area contributed by atoms with Crippen molar-refractivity contribution < 1.29 is 4.79 Å². The highest BCUT2D eigenvalue weighted by atomic mass is 16.1. The number of aldehydes is 1. The van der Waals surface area contributed by atoms with Crippen LogP contribution in [-0.2, 0) is 11.2 Å². The van der Waals surface area contributed by atoms with Crippen LogP contribution >= 0.6 is 0 Å². The van der Waals surface area contributed by atoms with Gasteiger partial charge in [-0.05, 0) is 29.9 Å². The average molecular weight is 204 g/mol. The van der Waals surface area contributed by atoms with Crippen LogP contribution in [0.1, 0.15) is 44.2 Å². The fraction of sp³-hybridized carbons (Fsp3) is 0.500. The molecule has 0 saturated heterocycles. The third-order valence-electron chi connectivity index (χ3n) is 2.86. The minimum absolute atomic E-state index is 0.176. The second kappa shape index (κ2) is 5.69. The zero-order valence-electron chi connectivity index (χ0n) is 9.86. The molecule has 0 heterocycles. The fourth-order valence-electron chi connectivity index (χ4n) is 1.63. The standard InChI is InChI=1S/C14H20O/c1-4-12(10-15)9-13-5-7-14(8-6-13)11(2)3/h5-8,10-12H,4,9H2,1-3H3/t12-/m1/s1. The van der Waals surface area contributed by atoms with Crippen molar-refractivity contribution in [2.75, 3.05) is 0 Å². The molecular weight excluding hydrogens is 184 g/mol. The number of carbonyl (C=O) groups excluding carboxylic acids is 1. The van der Waals surface area contributed by atoms with Crippen molar-refractivity contribution in [3.8, 4) is 0 Å².